The second-order valence-corrected chi connectivity index (χ2v) is 4.18. The van der Waals surface area contributed by atoms with Crippen molar-refractivity contribution < 1.29 is 33.4 Å². The van der Waals surface area contributed by atoms with Crippen LogP contribution in [0.15, 0.2) is 42.0 Å². The van der Waals surface area contributed by atoms with Crippen molar-refractivity contribution in [2.24, 2.45) is 0 Å². The molecular weight excluding hydrogens is 316 g/mol. The Bertz CT molecular complexity index is 638. The fourth-order valence-corrected chi connectivity index (χ4v) is 1.53. The lowest BCUT2D eigenvalue weighted by Crippen LogP contribution is -2.02. The number of ether oxygens (including phenoxy) is 3. The Morgan fingerprint density at radius 3 is 2.33 bits per heavy atom. The van der Waals surface area contributed by atoms with Crippen molar-refractivity contribution in [1.82, 2.24) is 0 Å². The van der Waals surface area contributed by atoms with Crippen molar-refractivity contribution in [1.29, 1.82) is 0 Å². The average molecular weight is 334 g/mol. The highest BCUT2D eigenvalue weighted by Crippen LogP contribution is 2.21. The van der Waals surface area contributed by atoms with Gasteiger partial charge in [-0.1, -0.05) is 18.2 Å². The highest BCUT2D eigenvalue weighted by Gasteiger charge is 2.06. The molecule has 7 heteroatoms. The summed E-state index contributed by atoms with van der Waals surface area (Å²) in [7, 11) is 2.64. The molecule has 0 saturated heterocycles. The molecule has 0 radical (unpaired) electrons. The summed E-state index contributed by atoms with van der Waals surface area (Å²) in [5.74, 6) is -0.223. The Hall–Kier alpha value is -3.18. The zero-order valence-corrected chi connectivity index (χ0v) is 13.6. The monoisotopic (exact) mass is 334 g/mol. The third kappa shape index (κ3) is 8.31. The van der Waals surface area contributed by atoms with E-state index in [-0.39, 0.29) is 12.8 Å². The van der Waals surface area contributed by atoms with Crippen molar-refractivity contribution in [2.75, 3.05) is 20.8 Å². The maximum atomic E-state index is 11.4. The number of carbonyl (C=O) groups excluding carboxylic acids is 4. The molecule has 0 heterocycles. The van der Waals surface area contributed by atoms with E-state index in [2.05, 4.69) is 9.47 Å². The van der Waals surface area contributed by atoms with Crippen LogP contribution < -0.4 is 4.74 Å². The SMILES string of the molecule is COC(=O)/C=C/COc1ccccc1/C=C(\C)C(=O)OC.O=C=O. The Morgan fingerprint density at radius 1 is 1.12 bits per heavy atom. The number of para-hydroxylation sites is 1. The fourth-order valence-electron chi connectivity index (χ4n) is 1.53. The molecule has 0 aromatic heterocycles. The summed E-state index contributed by atoms with van der Waals surface area (Å²) in [5.41, 5.74) is 1.23. The summed E-state index contributed by atoms with van der Waals surface area (Å²) in [6.45, 7) is 1.89. The molecule has 1 aromatic rings. The van der Waals surface area contributed by atoms with Gasteiger partial charge >= 0.3 is 18.1 Å². The molecule has 1 rings (SSSR count). The number of hydrogen-bond acceptors (Lipinski definition) is 7. The molecule has 7 nitrogen and oxygen atoms in total. The highest BCUT2D eigenvalue weighted by molar-refractivity contribution is 5.93. The van der Waals surface area contributed by atoms with E-state index in [9.17, 15) is 9.59 Å². The number of benzene rings is 1. The Kier molecular flexibility index (Phi) is 10.7. The summed E-state index contributed by atoms with van der Waals surface area (Å²) in [6, 6.07) is 7.27. The van der Waals surface area contributed by atoms with Gasteiger partial charge in [0.1, 0.15) is 12.4 Å². The summed E-state index contributed by atoms with van der Waals surface area (Å²) in [4.78, 5) is 38.6. The number of rotatable bonds is 6. The fraction of sp³-hybridized carbons (Fsp3) is 0.235. The van der Waals surface area contributed by atoms with Gasteiger partial charge in [-0.15, -0.1) is 0 Å². The van der Waals surface area contributed by atoms with Crippen molar-refractivity contribution in [3.8, 4) is 5.75 Å². The van der Waals surface area contributed by atoms with Gasteiger partial charge in [-0.3, -0.25) is 0 Å². The minimum Gasteiger partial charge on any atom is -0.489 e. The smallest absolute Gasteiger partial charge is 0.373 e. The van der Waals surface area contributed by atoms with Gasteiger partial charge < -0.3 is 14.2 Å². The molecule has 0 bridgehead atoms. The van der Waals surface area contributed by atoms with Crippen LogP contribution in [0.2, 0.25) is 0 Å². The first kappa shape index (κ1) is 20.8. The normalized spacial score (nSPS) is 10.2. The molecule has 0 saturated carbocycles. The minimum absolute atomic E-state index is 0.219. The van der Waals surface area contributed by atoms with E-state index in [1.807, 2.05) is 18.2 Å². The lowest BCUT2D eigenvalue weighted by molar-refractivity contribution is -0.191. The summed E-state index contributed by atoms with van der Waals surface area (Å²) in [5, 5.41) is 0. The molecule has 0 aliphatic rings. The maximum Gasteiger partial charge on any atom is 0.373 e. The van der Waals surface area contributed by atoms with Crippen molar-refractivity contribution in [3.63, 3.8) is 0 Å². The van der Waals surface area contributed by atoms with E-state index in [1.165, 1.54) is 20.3 Å². The largest absolute Gasteiger partial charge is 0.489 e. The second-order valence-electron chi connectivity index (χ2n) is 4.18. The van der Waals surface area contributed by atoms with Gasteiger partial charge in [0.15, 0.2) is 0 Å². The Labute approximate surface area is 139 Å². The standard InChI is InChI=1S/C16H18O5.CO2/c1-12(16(18)20-3)11-13-7-4-5-8-14(13)21-10-6-9-15(17)19-2;2-1-3/h4-9,11H,10H2,1-3H3;/b9-6+,12-11+;. The quantitative estimate of drug-likeness (QED) is 0.578. The number of methoxy groups -OCH3 is 2. The Morgan fingerprint density at radius 2 is 1.75 bits per heavy atom. The molecule has 0 atom stereocenters. The second kappa shape index (κ2) is 12.4. The first-order valence-corrected chi connectivity index (χ1v) is 6.72. The number of carbonyl (C=O) groups is 2. The van der Waals surface area contributed by atoms with Crippen LogP contribution in [0.25, 0.3) is 6.08 Å². The molecule has 1 aromatic carbocycles. The summed E-state index contributed by atoms with van der Waals surface area (Å²) < 4.78 is 14.7. The van der Waals surface area contributed by atoms with Gasteiger partial charge in [-0.2, -0.15) is 9.59 Å². The molecular formula is C17H18O7. The van der Waals surface area contributed by atoms with Gasteiger partial charge in [-0.05, 0) is 25.1 Å². The summed E-state index contributed by atoms with van der Waals surface area (Å²) in [6.07, 6.45) is 4.78. The lowest BCUT2D eigenvalue weighted by atomic mass is 10.1. The number of esters is 2. The Balaban J connectivity index is 0.00000163. The van der Waals surface area contributed by atoms with Gasteiger partial charge in [0.25, 0.3) is 0 Å². The first-order chi connectivity index (χ1) is 11.5. The molecule has 0 amide bonds. The third-order valence-electron chi connectivity index (χ3n) is 2.59. The van der Waals surface area contributed by atoms with Crippen LogP contribution in [-0.4, -0.2) is 38.9 Å². The number of hydrogen-bond donors (Lipinski definition) is 0. The van der Waals surface area contributed by atoms with Gasteiger partial charge in [0, 0.05) is 17.2 Å². The van der Waals surface area contributed by atoms with E-state index in [4.69, 9.17) is 14.3 Å². The predicted molar refractivity (Wildman–Crippen MR) is 83.8 cm³/mol. The topological polar surface area (TPSA) is 96.0 Å². The average Bonchev–Trinajstić information content (AvgIpc) is 2.59. The van der Waals surface area contributed by atoms with Crippen molar-refractivity contribution in [3.05, 3.63) is 47.6 Å². The van der Waals surface area contributed by atoms with E-state index in [1.54, 1.807) is 25.1 Å². The molecule has 0 aliphatic carbocycles. The van der Waals surface area contributed by atoms with Gasteiger partial charge in [0.05, 0.1) is 14.2 Å². The van der Waals surface area contributed by atoms with Crippen LogP contribution in [0.5, 0.6) is 5.75 Å². The lowest BCUT2D eigenvalue weighted by Gasteiger charge is -2.07. The van der Waals surface area contributed by atoms with Crippen LogP contribution in [0, 0.1) is 0 Å². The van der Waals surface area contributed by atoms with E-state index in [0.717, 1.165) is 5.56 Å². The maximum absolute atomic E-state index is 11.4. The van der Waals surface area contributed by atoms with Crippen LogP contribution in [0.1, 0.15) is 12.5 Å². The van der Waals surface area contributed by atoms with Gasteiger partial charge in [0.2, 0.25) is 0 Å². The molecule has 0 unspecified atom stereocenters. The molecule has 24 heavy (non-hydrogen) atoms. The van der Waals surface area contributed by atoms with Gasteiger partial charge in [-0.25, -0.2) is 9.59 Å². The van der Waals surface area contributed by atoms with E-state index >= 15 is 0 Å². The molecule has 0 aliphatic heterocycles. The van der Waals surface area contributed by atoms with Crippen molar-refractivity contribution in [2.45, 2.75) is 6.92 Å². The van der Waals surface area contributed by atoms with Crippen LogP contribution >= 0.6 is 0 Å². The molecule has 0 N–H and O–H groups in total. The van der Waals surface area contributed by atoms with Crippen LogP contribution in [0.3, 0.4) is 0 Å². The third-order valence-corrected chi connectivity index (χ3v) is 2.59. The van der Waals surface area contributed by atoms with Crippen LogP contribution in [-0.2, 0) is 28.7 Å². The van der Waals surface area contributed by atoms with E-state index in [0.29, 0.717) is 11.3 Å². The zero-order valence-electron chi connectivity index (χ0n) is 13.6. The predicted octanol–water partition coefficient (Wildman–Crippen LogP) is 1.79. The van der Waals surface area contributed by atoms with E-state index < -0.39 is 11.9 Å². The summed E-state index contributed by atoms with van der Waals surface area (Å²) >= 11 is 0. The highest BCUT2D eigenvalue weighted by atomic mass is 16.5. The minimum atomic E-state index is -0.437. The zero-order chi connectivity index (χ0) is 18.4. The van der Waals surface area contributed by atoms with Crippen molar-refractivity contribution >= 4 is 24.2 Å². The molecule has 0 spiro atoms. The molecule has 0 fully saturated rings. The first-order valence-electron chi connectivity index (χ1n) is 6.72. The van der Waals surface area contributed by atoms with Crippen LogP contribution in [0.4, 0.5) is 0 Å². The molecule has 128 valence electrons.